The first kappa shape index (κ1) is 19.3. The standard InChI is InChI=1S/C10H15N5O9P2/c11-9-8-10(13-3-12-9)15(4-14-8)7-1-5(16)6(23-7)2-22-26(20,21)24-25(17,18)19/h3-7,16H,1-2H2,(H,20,21)(H2,11,12,13)(H2,17,18,19)/t5?,6-,7?/m1/s1. The number of aliphatic hydroxyl groups excluding tert-OH is 1. The first-order chi connectivity index (χ1) is 12.1. The molecule has 0 aromatic carbocycles. The van der Waals surface area contributed by atoms with E-state index in [0.29, 0.717) is 11.2 Å². The molecule has 2 aromatic heterocycles. The molecule has 2 aromatic rings. The topological polar surface area (TPSA) is 212 Å². The molecule has 0 bridgehead atoms. The second-order valence-corrected chi connectivity index (χ2v) is 8.18. The van der Waals surface area contributed by atoms with Crippen molar-refractivity contribution in [3.63, 3.8) is 0 Å². The lowest BCUT2D eigenvalue weighted by molar-refractivity contribution is -0.0423. The van der Waals surface area contributed by atoms with Crippen LogP contribution in [0.4, 0.5) is 5.82 Å². The Labute approximate surface area is 145 Å². The Morgan fingerprint density at radius 1 is 1.31 bits per heavy atom. The van der Waals surface area contributed by atoms with Crippen molar-refractivity contribution in [3.05, 3.63) is 12.7 Å². The average molecular weight is 411 g/mol. The zero-order valence-electron chi connectivity index (χ0n) is 12.9. The largest absolute Gasteiger partial charge is 0.481 e. The van der Waals surface area contributed by atoms with Crippen molar-refractivity contribution in [1.29, 1.82) is 0 Å². The predicted octanol–water partition coefficient (Wildman–Crippen LogP) is -0.717. The van der Waals surface area contributed by atoms with Gasteiger partial charge in [0.1, 0.15) is 24.2 Å². The van der Waals surface area contributed by atoms with Gasteiger partial charge in [-0.15, -0.1) is 0 Å². The van der Waals surface area contributed by atoms with E-state index in [4.69, 9.17) is 20.3 Å². The van der Waals surface area contributed by atoms with Crippen molar-refractivity contribution >= 4 is 32.6 Å². The SMILES string of the molecule is Nc1ncnc2c1ncn2C1CC(O)[C@@H](COP(=O)(O)OP(=O)(O)O)O1. The fourth-order valence-corrected chi connectivity index (χ4v) is 4.04. The Hall–Kier alpha value is -1.47. The van der Waals surface area contributed by atoms with Gasteiger partial charge in [0.2, 0.25) is 0 Å². The van der Waals surface area contributed by atoms with Gasteiger partial charge in [0.15, 0.2) is 11.5 Å². The molecule has 0 aliphatic carbocycles. The van der Waals surface area contributed by atoms with E-state index in [1.54, 1.807) is 0 Å². The van der Waals surface area contributed by atoms with Gasteiger partial charge in [0.25, 0.3) is 0 Å². The van der Waals surface area contributed by atoms with Crippen LogP contribution in [0.15, 0.2) is 12.7 Å². The summed E-state index contributed by atoms with van der Waals surface area (Å²) in [7, 11) is -10.3. The maximum Gasteiger partial charge on any atom is 0.481 e. The fraction of sp³-hybridized carbons (Fsp3) is 0.500. The lowest BCUT2D eigenvalue weighted by Gasteiger charge is -2.18. The summed E-state index contributed by atoms with van der Waals surface area (Å²) in [5.74, 6) is 0.169. The number of hydrogen-bond acceptors (Lipinski definition) is 10. The lowest BCUT2D eigenvalue weighted by Crippen LogP contribution is -2.26. The molecule has 4 atom stereocenters. The summed E-state index contributed by atoms with van der Waals surface area (Å²) in [6, 6.07) is 0. The molecule has 26 heavy (non-hydrogen) atoms. The number of anilines is 1. The van der Waals surface area contributed by atoms with Crippen molar-refractivity contribution < 1.29 is 42.5 Å². The van der Waals surface area contributed by atoms with Gasteiger partial charge in [-0.1, -0.05) is 0 Å². The number of nitrogens with zero attached hydrogens (tertiary/aromatic N) is 4. The van der Waals surface area contributed by atoms with Gasteiger partial charge in [-0.2, -0.15) is 4.31 Å². The predicted molar refractivity (Wildman–Crippen MR) is 83.2 cm³/mol. The number of phosphoric ester groups is 1. The fourth-order valence-electron chi connectivity index (χ4n) is 2.44. The Morgan fingerprint density at radius 2 is 2.04 bits per heavy atom. The number of nitrogens with two attached hydrogens (primary N) is 1. The number of fused-ring (bicyclic) bond motifs is 1. The van der Waals surface area contributed by atoms with Gasteiger partial charge >= 0.3 is 15.6 Å². The van der Waals surface area contributed by atoms with Crippen LogP contribution in [-0.2, 0) is 22.7 Å². The molecule has 0 radical (unpaired) electrons. The van der Waals surface area contributed by atoms with Crippen LogP contribution < -0.4 is 5.73 Å². The number of aliphatic hydroxyl groups is 1. The van der Waals surface area contributed by atoms with Crippen LogP contribution in [0.5, 0.6) is 0 Å². The molecule has 3 rings (SSSR count). The molecule has 144 valence electrons. The highest BCUT2D eigenvalue weighted by molar-refractivity contribution is 7.60. The number of ether oxygens (including phenoxy) is 1. The highest BCUT2D eigenvalue weighted by Crippen LogP contribution is 2.57. The van der Waals surface area contributed by atoms with Gasteiger partial charge in [0.05, 0.1) is 19.0 Å². The van der Waals surface area contributed by atoms with Gasteiger partial charge < -0.3 is 30.3 Å². The van der Waals surface area contributed by atoms with E-state index in [2.05, 4.69) is 23.8 Å². The van der Waals surface area contributed by atoms with Crippen molar-refractivity contribution in [1.82, 2.24) is 19.5 Å². The molecule has 1 aliphatic heterocycles. The monoisotopic (exact) mass is 411 g/mol. The summed E-state index contributed by atoms with van der Waals surface area (Å²) in [4.78, 5) is 38.3. The first-order valence-corrected chi connectivity index (χ1v) is 10.1. The Balaban J connectivity index is 1.69. The van der Waals surface area contributed by atoms with E-state index in [-0.39, 0.29) is 12.2 Å². The summed E-state index contributed by atoms with van der Waals surface area (Å²) in [5, 5.41) is 10.1. The van der Waals surface area contributed by atoms with E-state index < -0.39 is 40.7 Å². The van der Waals surface area contributed by atoms with Crippen molar-refractivity contribution in [3.8, 4) is 0 Å². The molecule has 3 heterocycles. The second kappa shape index (κ2) is 6.93. The summed E-state index contributed by atoms with van der Waals surface area (Å²) < 4.78 is 37.3. The van der Waals surface area contributed by atoms with E-state index in [9.17, 15) is 19.1 Å². The summed E-state index contributed by atoms with van der Waals surface area (Å²) >= 11 is 0. The van der Waals surface area contributed by atoms with Crippen LogP contribution in [0, 0.1) is 0 Å². The minimum Gasteiger partial charge on any atom is -0.390 e. The van der Waals surface area contributed by atoms with Crippen LogP contribution in [0.3, 0.4) is 0 Å². The van der Waals surface area contributed by atoms with Crippen LogP contribution in [0.25, 0.3) is 11.2 Å². The molecule has 1 fully saturated rings. The smallest absolute Gasteiger partial charge is 0.390 e. The van der Waals surface area contributed by atoms with E-state index in [0.717, 1.165) is 0 Å². The number of phosphoric acid groups is 2. The Morgan fingerprint density at radius 3 is 2.73 bits per heavy atom. The lowest BCUT2D eigenvalue weighted by atomic mass is 10.2. The maximum atomic E-state index is 11.5. The third-order valence-corrected chi connectivity index (χ3v) is 5.66. The van der Waals surface area contributed by atoms with Crippen LogP contribution >= 0.6 is 15.6 Å². The molecular formula is C10H15N5O9P2. The van der Waals surface area contributed by atoms with Gasteiger partial charge in [-0.25, -0.2) is 24.1 Å². The number of hydrogen-bond donors (Lipinski definition) is 5. The van der Waals surface area contributed by atoms with Gasteiger partial charge in [0, 0.05) is 6.42 Å². The number of rotatable bonds is 6. The molecule has 0 saturated carbocycles. The average Bonchev–Trinajstić information content (AvgIpc) is 3.07. The van der Waals surface area contributed by atoms with Crippen LogP contribution in [-0.4, -0.2) is 58.1 Å². The molecule has 0 spiro atoms. The summed E-state index contributed by atoms with van der Waals surface area (Å²) in [6.07, 6.45) is -0.158. The van der Waals surface area contributed by atoms with E-state index in [1.807, 2.05) is 0 Å². The van der Waals surface area contributed by atoms with Gasteiger partial charge in [-0.05, 0) is 0 Å². The first-order valence-electron chi connectivity index (χ1n) is 7.06. The maximum absolute atomic E-state index is 11.5. The number of imidazole rings is 1. The molecular weight excluding hydrogens is 396 g/mol. The Kier molecular flexibility index (Phi) is 5.14. The minimum atomic E-state index is -5.23. The highest BCUT2D eigenvalue weighted by atomic mass is 31.3. The Bertz CT molecular complexity index is 900. The second-order valence-electron chi connectivity index (χ2n) is 5.35. The molecule has 0 amide bonds. The third kappa shape index (κ3) is 4.26. The molecule has 16 heteroatoms. The molecule has 1 saturated heterocycles. The third-order valence-electron chi connectivity index (χ3n) is 3.51. The van der Waals surface area contributed by atoms with Crippen molar-refractivity contribution in [2.75, 3.05) is 12.3 Å². The molecule has 14 nitrogen and oxygen atoms in total. The van der Waals surface area contributed by atoms with Crippen molar-refractivity contribution in [2.45, 2.75) is 24.9 Å². The van der Waals surface area contributed by atoms with E-state index >= 15 is 0 Å². The minimum absolute atomic E-state index is 0.0818. The van der Waals surface area contributed by atoms with Crippen LogP contribution in [0.1, 0.15) is 12.6 Å². The highest BCUT2D eigenvalue weighted by Gasteiger charge is 2.39. The quantitative estimate of drug-likeness (QED) is 0.372. The van der Waals surface area contributed by atoms with Crippen molar-refractivity contribution in [2.24, 2.45) is 0 Å². The summed E-state index contributed by atoms with van der Waals surface area (Å²) in [6.45, 7) is -0.644. The zero-order chi connectivity index (χ0) is 19.1. The molecule has 6 N–H and O–H groups in total. The van der Waals surface area contributed by atoms with E-state index in [1.165, 1.54) is 17.2 Å². The number of aromatic nitrogens is 4. The number of nitrogen functional groups attached to an aromatic ring is 1. The summed E-state index contributed by atoms with van der Waals surface area (Å²) in [5.41, 5.74) is 6.41. The zero-order valence-corrected chi connectivity index (χ0v) is 14.7. The van der Waals surface area contributed by atoms with Gasteiger partial charge in [-0.3, -0.25) is 9.09 Å². The normalized spacial score (nSPS) is 26.2. The molecule has 3 unspecified atom stereocenters. The molecule has 1 aliphatic rings. The van der Waals surface area contributed by atoms with Crippen LogP contribution in [0.2, 0.25) is 0 Å².